The first-order valence-corrected chi connectivity index (χ1v) is 8.03. The minimum atomic E-state index is -0.0360. The molecule has 0 saturated carbocycles. The fourth-order valence-corrected chi connectivity index (χ4v) is 3.25. The Morgan fingerprint density at radius 2 is 1.23 bits per heavy atom. The minimum absolute atomic E-state index is 0.0360. The topological polar surface area (TPSA) is 0 Å². The first-order valence-electron chi connectivity index (χ1n) is 8.03. The highest BCUT2D eigenvalue weighted by atomic mass is 14.3. The Kier molecular flexibility index (Phi) is 3.78. The van der Waals surface area contributed by atoms with Gasteiger partial charge in [-0.25, -0.2) is 0 Å². The molecule has 0 bridgehead atoms. The average Bonchev–Trinajstić information content (AvgIpc) is 2.53. The first-order chi connectivity index (χ1) is 10.5. The maximum absolute atomic E-state index is 2.36. The Morgan fingerprint density at radius 3 is 1.64 bits per heavy atom. The molecule has 0 aliphatic heterocycles. The second-order valence-corrected chi connectivity index (χ2v) is 6.56. The van der Waals surface area contributed by atoms with Gasteiger partial charge in [-0.2, -0.15) is 0 Å². The summed E-state index contributed by atoms with van der Waals surface area (Å²) in [6.45, 7) is 8.77. The van der Waals surface area contributed by atoms with E-state index >= 15 is 0 Å². The standard InChI is InChI=1S/C22H24/c1-16-8-10-20(14-18(16)3)22(12-6-5-7-13-22)21-11-9-17(2)19(4)15-21/h5-12,14-15H,13H2,1-4H3. The second-order valence-electron chi connectivity index (χ2n) is 6.56. The van der Waals surface area contributed by atoms with E-state index in [0.29, 0.717) is 0 Å². The number of benzene rings is 2. The van der Waals surface area contributed by atoms with Gasteiger partial charge in [-0.3, -0.25) is 0 Å². The molecule has 2 aromatic carbocycles. The van der Waals surface area contributed by atoms with Crippen LogP contribution in [0, 0.1) is 27.7 Å². The molecule has 0 heteroatoms. The highest BCUT2D eigenvalue weighted by molar-refractivity contribution is 5.51. The van der Waals surface area contributed by atoms with Gasteiger partial charge in [0.2, 0.25) is 0 Å². The Balaban J connectivity index is 2.20. The van der Waals surface area contributed by atoms with E-state index in [1.807, 2.05) is 0 Å². The lowest BCUT2D eigenvalue weighted by atomic mass is 9.69. The predicted molar refractivity (Wildman–Crippen MR) is 95.5 cm³/mol. The van der Waals surface area contributed by atoms with Crippen molar-refractivity contribution in [3.8, 4) is 0 Å². The van der Waals surface area contributed by atoms with Crippen LogP contribution in [-0.2, 0) is 5.41 Å². The number of hydrogen-bond donors (Lipinski definition) is 0. The molecule has 0 spiro atoms. The zero-order chi connectivity index (χ0) is 15.7. The summed E-state index contributed by atoms with van der Waals surface area (Å²) in [6.07, 6.45) is 10.0. The number of rotatable bonds is 2. The predicted octanol–water partition coefficient (Wildman–Crippen LogP) is 5.72. The zero-order valence-corrected chi connectivity index (χ0v) is 14.0. The second kappa shape index (κ2) is 5.61. The molecule has 0 atom stereocenters. The Morgan fingerprint density at radius 1 is 0.682 bits per heavy atom. The Bertz CT molecular complexity index is 708. The van der Waals surface area contributed by atoms with Crippen molar-refractivity contribution in [2.45, 2.75) is 39.5 Å². The van der Waals surface area contributed by atoms with Crippen molar-refractivity contribution in [1.29, 1.82) is 0 Å². The van der Waals surface area contributed by atoms with Gasteiger partial charge < -0.3 is 0 Å². The molecule has 0 heterocycles. The first kappa shape index (κ1) is 14.8. The molecule has 1 aliphatic rings. The van der Waals surface area contributed by atoms with Gasteiger partial charge in [0.15, 0.2) is 0 Å². The van der Waals surface area contributed by atoms with Crippen LogP contribution >= 0.6 is 0 Å². The highest BCUT2D eigenvalue weighted by Gasteiger charge is 2.31. The Hall–Kier alpha value is -2.08. The molecule has 2 aromatic rings. The molecule has 22 heavy (non-hydrogen) atoms. The van der Waals surface area contributed by atoms with Crippen molar-refractivity contribution in [3.05, 3.63) is 94.1 Å². The van der Waals surface area contributed by atoms with Gasteiger partial charge >= 0.3 is 0 Å². The van der Waals surface area contributed by atoms with Gasteiger partial charge in [0.1, 0.15) is 0 Å². The van der Waals surface area contributed by atoms with Crippen molar-refractivity contribution in [3.63, 3.8) is 0 Å². The van der Waals surface area contributed by atoms with Crippen LogP contribution in [0.5, 0.6) is 0 Å². The molecule has 3 rings (SSSR count). The van der Waals surface area contributed by atoms with Crippen molar-refractivity contribution < 1.29 is 0 Å². The summed E-state index contributed by atoms with van der Waals surface area (Å²) in [5, 5.41) is 0. The number of aryl methyl sites for hydroxylation is 4. The van der Waals surface area contributed by atoms with E-state index in [2.05, 4.69) is 88.4 Å². The molecule has 112 valence electrons. The number of allylic oxidation sites excluding steroid dienone is 4. The monoisotopic (exact) mass is 288 g/mol. The maximum Gasteiger partial charge on any atom is 0.0419 e. The van der Waals surface area contributed by atoms with E-state index in [1.54, 1.807) is 0 Å². The van der Waals surface area contributed by atoms with Gasteiger partial charge in [0.25, 0.3) is 0 Å². The molecule has 0 saturated heterocycles. The summed E-state index contributed by atoms with van der Waals surface area (Å²) >= 11 is 0. The molecule has 0 unspecified atom stereocenters. The fourth-order valence-electron chi connectivity index (χ4n) is 3.25. The smallest absolute Gasteiger partial charge is 0.0419 e. The van der Waals surface area contributed by atoms with Gasteiger partial charge in [0.05, 0.1) is 0 Å². The van der Waals surface area contributed by atoms with Crippen molar-refractivity contribution >= 4 is 0 Å². The van der Waals surface area contributed by atoms with Crippen molar-refractivity contribution in [2.24, 2.45) is 0 Å². The maximum atomic E-state index is 2.36. The highest BCUT2D eigenvalue weighted by Crippen LogP contribution is 2.40. The van der Waals surface area contributed by atoms with Crippen LogP contribution in [0.2, 0.25) is 0 Å². The van der Waals surface area contributed by atoms with E-state index in [-0.39, 0.29) is 5.41 Å². The molecule has 0 amide bonds. The van der Waals surface area contributed by atoms with Crippen LogP contribution in [0.3, 0.4) is 0 Å². The summed E-state index contributed by atoms with van der Waals surface area (Å²) < 4.78 is 0. The third-order valence-corrected chi connectivity index (χ3v) is 5.11. The van der Waals surface area contributed by atoms with Crippen molar-refractivity contribution in [1.82, 2.24) is 0 Å². The quantitative estimate of drug-likeness (QED) is 0.662. The third kappa shape index (κ3) is 2.43. The van der Waals surface area contributed by atoms with Crippen LogP contribution in [0.1, 0.15) is 39.8 Å². The fraction of sp³-hybridized carbons (Fsp3) is 0.273. The lowest BCUT2D eigenvalue weighted by Crippen LogP contribution is -2.26. The molecular weight excluding hydrogens is 264 g/mol. The SMILES string of the molecule is Cc1ccc(C2(c3ccc(C)c(C)c3)C=CC=CC2)cc1C. The van der Waals surface area contributed by atoms with Gasteiger partial charge in [-0.15, -0.1) is 0 Å². The lowest BCUT2D eigenvalue weighted by molar-refractivity contribution is 0.646. The van der Waals surface area contributed by atoms with Crippen LogP contribution < -0.4 is 0 Å². The molecule has 1 aliphatic carbocycles. The molecule has 0 radical (unpaired) electrons. The van der Waals surface area contributed by atoms with Crippen LogP contribution in [0.25, 0.3) is 0 Å². The Labute approximate surface area is 134 Å². The minimum Gasteiger partial charge on any atom is -0.0830 e. The average molecular weight is 288 g/mol. The van der Waals surface area contributed by atoms with Crippen LogP contribution in [-0.4, -0.2) is 0 Å². The summed E-state index contributed by atoms with van der Waals surface area (Å²) in [5.41, 5.74) is 8.18. The summed E-state index contributed by atoms with van der Waals surface area (Å²) in [7, 11) is 0. The van der Waals surface area contributed by atoms with E-state index in [4.69, 9.17) is 0 Å². The molecule has 0 aromatic heterocycles. The lowest BCUT2D eigenvalue weighted by Gasteiger charge is -2.33. The third-order valence-electron chi connectivity index (χ3n) is 5.11. The number of hydrogen-bond acceptors (Lipinski definition) is 0. The zero-order valence-electron chi connectivity index (χ0n) is 14.0. The normalized spacial score (nSPS) is 16.0. The van der Waals surface area contributed by atoms with E-state index < -0.39 is 0 Å². The van der Waals surface area contributed by atoms with E-state index in [9.17, 15) is 0 Å². The van der Waals surface area contributed by atoms with E-state index in [1.165, 1.54) is 33.4 Å². The molecular formula is C22H24. The molecule has 0 nitrogen and oxygen atoms in total. The van der Waals surface area contributed by atoms with Gasteiger partial charge in [-0.05, 0) is 67.5 Å². The summed E-state index contributed by atoms with van der Waals surface area (Å²) in [4.78, 5) is 0. The van der Waals surface area contributed by atoms with Gasteiger partial charge in [-0.1, -0.05) is 60.7 Å². The molecule has 0 fully saturated rings. The molecule has 0 N–H and O–H groups in total. The van der Waals surface area contributed by atoms with Crippen LogP contribution in [0.4, 0.5) is 0 Å². The van der Waals surface area contributed by atoms with Crippen LogP contribution in [0.15, 0.2) is 60.7 Å². The van der Waals surface area contributed by atoms with Gasteiger partial charge in [0, 0.05) is 5.41 Å². The van der Waals surface area contributed by atoms with Crippen molar-refractivity contribution in [2.75, 3.05) is 0 Å². The summed E-state index contributed by atoms with van der Waals surface area (Å²) in [6, 6.07) is 13.8. The largest absolute Gasteiger partial charge is 0.0830 e. The van der Waals surface area contributed by atoms with E-state index in [0.717, 1.165) is 6.42 Å². The summed E-state index contributed by atoms with van der Waals surface area (Å²) in [5.74, 6) is 0.